The van der Waals surface area contributed by atoms with Crippen LogP contribution in [0.2, 0.25) is 0 Å². The molecule has 5 heteroatoms. The number of nitrogens with zero attached hydrogens (tertiary/aromatic N) is 1. The third-order valence-electron chi connectivity index (χ3n) is 4.48. The molecular weight excluding hydrogens is 314 g/mol. The van der Waals surface area contributed by atoms with E-state index in [1.54, 1.807) is 6.08 Å². The lowest BCUT2D eigenvalue weighted by Crippen LogP contribution is -2.22. The minimum atomic E-state index is -0.486. The third kappa shape index (κ3) is 2.59. The zero-order valence-corrected chi connectivity index (χ0v) is 14.0. The highest BCUT2D eigenvalue weighted by Gasteiger charge is 2.23. The van der Waals surface area contributed by atoms with Gasteiger partial charge < -0.3 is 9.88 Å². The van der Waals surface area contributed by atoms with E-state index >= 15 is 0 Å². The highest BCUT2D eigenvalue weighted by molar-refractivity contribution is 6.14. The predicted octanol–water partition coefficient (Wildman–Crippen LogP) is 3.43. The Bertz CT molecular complexity index is 1060. The molecule has 124 valence electrons. The Labute approximate surface area is 145 Å². The number of carbonyl (C=O) groups excluding carboxylic acids is 2. The maximum atomic E-state index is 11.7. The summed E-state index contributed by atoms with van der Waals surface area (Å²) in [6.45, 7) is 4.03. The maximum Gasteiger partial charge on any atom is 0.326 e. The number of amides is 3. The van der Waals surface area contributed by atoms with Gasteiger partial charge in [0.2, 0.25) is 0 Å². The lowest BCUT2D eigenvalue weighted by Gasteiger charge is -2.11. The molecule has 1 aliphatic rings. The van der Waals surface area contributed by atoms with Crippen LogP contribution in [0, 0.1) is 13.8 Å². The summed E-state index contributed by atoms with van der Waals surface area (Å²) in [5, 5.41) is 7.11. The normalized spacial score (nSPS) is 15.7. The number of urea groups is 1. The smallest absolute Gasteiger partial charge is 0.318 e. The first-order valence-corrected chi connectivity index (χ1v) is 8.05. The van der Waals surface area contributed by atoms with Gasteiger partial charge in [-0.3, -0.25) is 10.1 Å². The molecule has 0 radical (unpaired) electrons. The fourth-order valence-electron chi connectivity index (χ4n) is 3.28. The number of aromatic nitrogens is 1. The van der Waals surface area contributed by atoms with Gasteiger partial charge in [0.05, 0.1) is 0 Å². The second kappa shape index (κ2) is 5.63. The van der Waals surface area contributed by atoms with Crippen LogP contribution in [0.5, 0.6) is 0 Å². The largest absolute Gasteiger partial charge is 0.326 e. The zero-order valence-electron chi connectivity index (χ0n) is 14.0. The second-order valence-electron chi connectivity index (χ2n) is 6.16. The summed E-state index contributed by atoms with van der Waals surface area (Å²) < 4.78 is 2.15. The van der Waals surface area contributed by atoms with E-state index in [1.165, 1.54) is 10.8 Å². The average molecular weight is 331 g/mol. The monoisotopic (exact) mass is 331 g/mol. The summed E-state index contributed by atoms with van der Waals surface area (Å²) in [4.78, 5) is 23.0. The Kier molecular flexibility index (Phi) is 3.42. The van der Waals surface area contributed by atoms with Crippen LogP contribution in [-0.2, 0) is 4.79 Å². The Morgan fingerprint density at radius 3 is 2.40 bits per heavy atom. The molecule has 4 rings (SSSR count). The number of hydrogen-bond donors (Lipinski definition) is 2. The number of hydrogen-bond acceptors (Lipinski definition) is 2. The lowest BCUT2D eigenvalue weighted by atomic mass is 10.1. The van der Waals surface area contributed by atoms with Crippen molar-refractivity contribution < 1.29 is 9.59 Å². The molecule has 2 N–H and O–H groups in total. The maximum absolute atomic E-state index is 11.7. The van der Waals surface area contributed by atoms with Crippen molar-refractivity contribution in [2.45, 2.75) is 13.8 Å². The molecule has 1 fully saturated rings. The number of carbonyl (C=O) groups is 2. The van der Waals surface area contributed by atoms with Crippen molar-refractivity contribution in [2.75, 3.05) is 0 Å². The number of nitrogens with one attached hydrogen (secondary N) is 2. The third-order valence-corrected chi connectivity index (χ3v) is 4.48. The van der Waals surface area contributed by atoms with Gasteiger partial charge >= 0.3 is 6.03 Å². The molecule has 0 aliphatic carbocycles. The number of fused-ring (bicyclic) bond motifs is 1. The molecule has 0 spiro atoms. The van der Waals surface area contributed by atoms with Gasteiger partial charge in [0.25, 0.3) is 5.91 Å². The number of imide groups is 1. The topological polar surface area (TPSA) is 63.1 Å². The zero-order chi connectivity index (χ0) is 17.6. The first kappa shape index (κ1) is 15.2. The van der Waals surface area contributed by atoms with Crippen molar-refractivity contribution in [3.05, 3.63) is 71.2 Å². The van der Waals surface area contributed by atoms with Gasteiger partial charge in [-0.2, -0.15) is 0 Å². The van der Waals surface area contributed by atoms with E-state index in [9.17, 15) is 9.59 Å². The second-order valence-corrected chi connectivity index (χ2v) is 6.16. The van der Waals surface area contributed by atoms with Crippen LogP contribution in [0.15, 0.2) is 54.2 Å². The first-order valence-electron chi connectivity index (χ1n) is 8.05. The predicted molar refractivity (Wildman–Crippen MR) is 97.4 cm³/mol. The minimum absolute atomic E-state index is 0.267. The van der Waals surface area contributed by atoms with E-state index in [-0.39, 0.29) is 5.70 Å². The number of benzene rings is 2. The van der Waals surface area contributed by atoms with Crippen molar-refractivity contribution in [3.8, 4) is 5.69 Å². The summed E-state index contributed by atoms with van der Waals surface area (Å²) >= 11 is 0. The minimum Gasteiger partial charge on any atom is -0.318 e. The highest BCUT2D eigenvalue weighted by Crippen LogP contribution is 2.25. The van der Waals surface area contributed by atoms with E-state index in [1.807, 2.05) is 32.0 Å². The highest BCUT2D eigenvalue weighted by atomic mass is 16.2. The van der Waals surface area contributed by atoms with Gasteiger partial charge in [0.15, 0.2) is 0 Å². The molecule has 0 unspecified atom stereocenters. The van der Waals surface area contributed by atoms with Gasteiger partial charge in [0.1, 0.15) is 5.70 Å². The summed E-state index contributed by atoms with van der Waals surface area (Å²) in [6, 6.07) is 16.1. The van der Waals surface area contributed by atoms with Crippen LogP contribution in [-0.4, -0.2) is 16.5 Å². The molecule has 0 atom stereocenters. The molecule has 0 bridgehead atoms. The molecule has 5 nitrogen and oxygen atoms in total. The first-order chi connectivity index (χ1) is 12.0. The molecule has 3 aromatic rings. The summed E-state index contributed by atoms with van der Waals surface area (Å²) in [6.07, 6.45) is 1.71. The van der Waals surface area contributed by atoms with Gasteiger partial charge in [-0.25, -0.2) is 4.79 Å². The molecule has 1 aliphatic heterocycles. The van der Waals surface area contributed by atoms with Crippen molar-refractivity contribution in [1.29, 1.82) is 0 Å². The standard InChI is InChI=1S/C20H17N3O2/c1-12-9-16(11-18-19(24)22-20(25)21-18)13(2)23(12)17-8-7-14-5-3-4-6-15(14)10-17/h3-11H,1-2H3,(H2,21,22,24,25). The van der Waals surface area contributed by atoms with Gasteiger partial charge in [0, 0.05) is 17.1 Å². The molecule has 3 amide bonds. The summed E-state index contributed by atoms with van der Waals surface area (Å²) in [5.41, 5.74) is 4.30. The van der Waals surface area contributed by atoms with Crippen LogP contribution in [0.1, 0.15) is 17.0 Å². The van der Waals surface area contributed by atoms with E-state index in [4.69, 9.17) is 0 Å². The van der Waals surface area contributed by atoms with Crippen LogP contribution in [0.4, 0.5) is 4.79 Å². The molecule has 1 aromatic heterocycles. The number of aryl methyl sites for hydroxylation is 1. The Balaban J connectivity index is 1.80. The van der Waals surface area contributed by atoms with Crippen molar-refractivity contribution in [1.82, 2.24) is 15.2 Å². The van der Waals surface area contributed by atoms with Crippen LogP contribution in [0.3, 0.4) is 0 Å². The van der Waals surface area contributed by atoms with E-state index < -0.39 is 11.9 Å². The van der Waals surface area contributed by atoms with Crippen molar-refractivity contribution >= 4 is 28.8 Å². The average Bonchev–Trinajstić information content (AvgIpc) is 3.05. The quantitative estimate of drug-likeness (QED) is 0.558. The van der Waals surface area contributed by atoms with E-state index in [2.05, 4.69) is 45.5 Å². The van der Waals surface area contributed by atoms with Gasteiger partial charge in [-0.05, 0) is 54.5 Å². The van der Waals surface area contributed by atoms with E-state index in [0.717, 1.165) is 22.6 Å². The molecular formula is C20H17N3O2. The fraction of sp³-hybridized carbons (Fsp3) is 0.100. The van der Waals surface area contributed by atoms with E-state index in [0.29, 0.717) is 0 Å². The Morgan fingerprint density at radius 2 is 1.68 bits per heavy atom. The van der Waals surface area contributed by atoms with Gasteiger partial charge in [-0.15, -0.1) is 0 Å². The summed E-state index contributed by atoms with van der Waals surface area (Å²) in [5.74, 6) is -0.402. The van der Waals surface area contributed by atoms with Crippen molar-refractivity contribution in [3.63, 3.8) is 0 Å². The van der Waals surface area contributed by atoms with Crippen LogP contribution in [0.25, 0.3) is 22.5 Å². The van der Waals surface area contributed by atoms with Crippen LogP contribution < -0.4 is 10.6 Å². The Morgan fingerprint density at radius 1 is 0.920 bits per heavy atom. The van der Waals surface area contributed by atoms with Crippen molar-refractivity contribution in [2.24, 2.45) is 0 Å². The molecule has 1 saturated heterocycles. The molecule has 2 heterocycles. The SMILES string of the molecule is Cc1cc(C=C2NC(=O)NC2=O)c(C)n1-c1ccc2ccccc2c1. The lowest BCUT2D eigenvalue weighted by molar-refractivity contribution is -0.115. The molecule has 0 saturated carbocycles. The van der Waals surface area contributed by atoms with Crippen LogP contribution >= 0.6 is 0 Å². The summed E-state index contributed by atoms with van der Waals surface area (Å²) in [7, 11) is 0. The molecule has 25 heavy (non-hydrogen) atoms. The number of rotatable bonds is 2. The van der Waals surface area contributed by atoms with Gasteiger partial charge in [-0.1, -0.05) is 30.3 Å². The fourth-order valence-corrected chi connectivity index (χ4v) is 3.28. The molecule has 2 aromatic carbocycles. The Hall–Kier alpha value is -3.34.